The molecule has 0 aromatic rings. The molecule has 118 valence electrons. The summed E-state index contributed by atoms with van der Waals surface area (Å²) < 4.78 is 20.0. The zero-order valence-electron chi connectivity index (χ0n) is 13.5. The third kappa shape index (κ3) is 15.9. The normalized spacial score (nSPS) is 10.5. The highest BCUT2D eigenvalue weighted by molar-refractivity contribution is 6.60. The topological polar surface area (TPSA) is 74.2 Å². The van der Waals surface area contributed by atoms with E-state index in [1.54, 1.807) is 35.2 Å². The van der Waals surface area contributed by atoms with Crippen molar-refractivity contribution in [1.82, 2.24) is 0 Å². The maximum Gasteiger partial charge on any atom is 0.500 e. The van der Waals surface area contributed by atoms with Gasteiger partial charge in [-0.25, -0.2) is 0 Å². The van der Waals surface area contributed by atoms with E-state index in [2.05, 4.69) is 11.0 Å². The van der Waals surface area contributed by atoms with Crippen LogP contribution >= 0.6 is 0 Å². The molecule has 19 heavy (non-hydrogen) atoms. The van der Waals surface area contributed by atoms with Crippen molar-refractivity contribution in [2.24, 2.45) is 5.92 Å². The van der Waals surface area contributed by atoms with Crippen LogP contribution in [0.25, 0.3) is 0 Å². The monoisotopic (exact) mass is 330 g/mol. The van der Waals surface area contributed by atoms with Gasteiger partial charge in [-0.05, 0) is 0 Å². The molecule has 0 bridgehead atoms. The van der Waals surface area contributed by atoms with Crippen LogP contribution in [0.2, 0.25) is 6.04 Å². The molecule has 0 amide bonds. The SMILES string of the molecule is CC(C)C(=O)O.CCC[Si](OC)(OC)OC.[SiH3]O[SiH3]. The van der Waals surface area contributed by atoms with E-state index in [0.29, 0.717) is 0 Å². The molecule has 0 rings (SSSR count). The van der Waals surface area contributed by atoms with Crippen LogP contribution in [-0.4, -0.2) is 62.2 Å². The number of carboxylic acid groups (broad SMARTS) is 1. The van der Waals surface area contributed by atoms with E-state index in [1.165, 1.54) is 0 Å². The zero-order chi connectivity index (χ0) is 15.9. The summed E-state index contributed by atoms with van der Waals surface area (Å²) >= 11 is 0. The van der Waals surface area contributed by atoms with Crippen LogP contribution in [0.5, 0.6) is 0 Å². The van der Waals surface area contributed by atoms with Crippen molar-refractivity contribution < 1.29 is 27.3 Å². The van der Waals surface area contributed by atoms with Crippen LogP contribution in [0, 0.1) is 5.92 Å². The Hall–Kier alpha value is -0.0394. The number of hydrogen-bond acceptors (Lipinski definition) is 5. The highest BCUT2D eigenvalue weighted by atomic mass is 28.4. The Morgan fingerprint density at radius 3 is 1.47 bits per heavy atom. The summed E-state index contributed by atoms with van der Waals surface area (Å²) in [5.74, 6) is -0.972. The Kier molecular flexibility index (Phi) is 20.2. The highest BCUT2D eigenvalue weighted by Crippen LogP contribution is 2.13. The molecule has 0 aliphatic rings. The van der Waals surface area contributed by atoms with Gasteiger partial charge >= 0.3 is 14.8 Å². The molecule has 0 aliphatic carbocycles. The first-order valence-electron chi connectivity index (χ1n) is 6.09. The van der Waals surface area contributed by atoms with Crippen molar-refractivity contribution >= 4 is 35.7 Å². The molecule has 9 heteroatoms. The maximum absolute atomic E-state index is 9.70. The van der Waals surface area contributed by atoms with Gasteiger partial charge in [-0.15, -0.1) is 0 Å². The van der Waals surface area contributed by atoms with Crippen molar-refractivity contribution in [2.45, 2.75) is 33.2 Å². The molecule has 6 nitrogen and oxygen atoms in total. The Morgan fingerprint density at radius 1 is 1.16 bits per heavy atom. The molecule has 0 atom stereocenters. The molecule has 0 saturated heterocycles. The second kappa shape index (κ2) is 16.0. The Morgan fingerprint density at radius 2 is 1.42 bits per heavy atom. The number of carbonyl (C=O) groups is 1. The summed E-state index contributed by atoms with van der Waals surface area (Å²) in [6.07, 6.45) is 1.03. The Labute approximate surface area is 124 Å². The first-order chi connectivity index (χ1) is 8.80. The number of carboxylic acids is 1. The van der Waals surface area contributed by atoms with Crippen LogP contribution in [0.15, 0.2) is 0 Å². The van der Waals surface area contributed by atoms with E-state index in [9.17, 15) is 4.79 Å². The second-order valence-electron chi connectivity index (χ2n) is 3.95. The number of rotatable bonds is 6. The molecule has 0 spiro atoms. The van der Waals surface area contributed by atoms with Crippen LogP contribution in [0.3, 0.4) is 0 Å². The highest BCUT2D eigenvalue weighted by Gasteiger charge is 2.36. The Balaban J connectivity index is -0.000000242. The second-order valence-corrected chi connectivity index (χ2v) is 10.3. The lowest BCUT2D eigenvalue weighted by Gasteiger charge is -2.23. The maximum atomic E-state index is 9.70. The molecular formula is C10H30O6Si3. The molecule has 0 aromatic heterocycles. The molecule has 0 aromatic carbocycles. The lowest BCUT2D eigenvalue weighted by Crippen LogP contribution is -2.42. The summed E-state index contributed by atoms with van der Waals surface area (Å²) in [7, 11) is 4.55. The van der Waals surface area contributed by atoms with E-state index in [0.717, 1.165) is 33.4 Å². The van der Waals surface area contributed by atoms with E-state index < -0.39 is 14.8 Å². The summed E-state index contributed by atoms with van der Waals surface area (Å²) in [6, 6.07) is 0.885. The largest absolute Gasteiger partial charge is 0.500 e. The van der Waals surface area contributed by atoms with Gasteiger partial charge < -0.3 is 22.5 Å². The quantitative estimate of drug-likeness (QED) is 0.666. The predicted molar refractivity (Wildman–Crippen MR) is 85.3 cm³/mol. The molecule has 1 N–H and O–H groups in total. The van der Waals surface area contributed by atoms with E-state index in [-0.39, 0.29) is 5.92 Å². The van der Waals surface area contributed by atoms with Crippen LogP contribution in [0.4, 0.5) is 0 Å². The molecule has 0 unspecified atom stereocenters. The first kappa shape index (κ1) is 24.0. The van der Waals surface area contributed by atoms with Gasteiger partial charge in [-0.1, -0.05) is 27.2 Å². The van der Waals surface area contributed by atoms with Gasteiger partial charge in [-0.2, -0.15) is 0 Å². The average Bonchev–Trinajstić information content (AvgIpc) is 2.38. The van der Waals surface area contributed by atoms with E-state index in [1.807, 2.05) is 0 Å². The van der Waals surface area contributed by atoms with Crippen LogP contribution < -0.4 is 0 Å². The lowest BCUT2D eigenvalue weighted by atomic mass is 10.2. The summed E-state index contributed by atoms with van der Waals surface area (Å²) in [5, 5.41) is 7.99. The predicted octanol–water partition coefficient (Wildman–Crippen LogP) is -0.435. The summed E-state index contributed by atoms with van der Waals surface area (Å²) in [6.45, 7) is 5.36. The minimum absolute atomic E-state index is 0.231. The molecule has 0 heterocycles. The molecule has 0 saturated carbocycles. The third-order valence-electron chi connectivity index (χ3n) is 1.98. The first-order valence-corrected chi connectivity index (χ1v) is 9.65. The number of aliphatic carboxylic acids is 1. The summed E-state index contributed by atoms with van der Waals surface area (Å²) in [5.41, 5.74) is 0. The fourth-order valence-corrected chi connectivity index (χ4v) is 2.59. The fourth-order valence-electron chi connectivity index (χ4n) is 0.862. The fraction of sp³-hybridized carbons (Fsp3) is 0.900. The lowest BCUT2D eigenvalue weighted by molar-refractivity contribution is -0.140. The van der Waals surface area contributed by atoms with Gasteiger partial charge in [0.2, 0.25) is 0 Å². The molecule has 0 aliphatic heterocycles. The van der Waals surface area contributed by atoms with Gasteiger partial charge in [0, 0.05) is 27.4 Å². The van der Waals surface area contributed by atoms with E-state index in [4.69, 9.17) is 18.4 Å². The molecular weight excluding hydrogens is 300 g/mol. The zero-order valence-corrected chi connectivity index (χ0v) is 18.5. The minimum Gasteiger partial charge on any atom is -0.481 e. The van der Waals surface area contributed by atoms with Gasteiger partial charge in [0.15, 0.2) is 0 Å². The van der Waals surface area contributed by atoms with Crippen LogP contribution in [0.1, 0.15) is 27.2 Å². The van der Waals surface area contributed by atoms with E-state index >= 15 is 0 Å². The van der Waals surface area contributed by atoms with Gasteiger partial charge in [0.05, 0.1) is 5.92 Å². The Bertz CT molecular complexity index is 191. The van der Waals surface area contributed by atoms with Crippen molar-refractivity contribution in [3.63, 3.8) is 0 Å². The molecule has 0 fully saturated rings. The van der Waals surface area contributed by atoms with Gasteiger partial charge in [0.1, 0.15) is 21.0 Å². The van der Waals surface area contributed by atoms with Crippen molar-refractivity contribution in [1.29, 1.82) is 0 Å². The summed E-state index contributed by atoms with van der Waals surface area (Å²) in [4.78, 5) is 9.70. The number of hydrogen-bond donors (Lipinski definition) is 1. The smallest absolute Gasteiger partial charge is 0.481 e. The van der Waals surface area contributed by atoms with Crippen molar-refractivity contribution in [2.75, 3.05) is 21.3 Å². The minimum atomic E-state index is -2.22. The average molecular weight is 331 g/mol. The van der Waals surface area contributed by atoms with Crippen molar-refractivity contribution in [3.8, 4) is 0 Å². The van der Waals surface area contributed by atoms with Gasteiger partial charge in [-0.3, -0.25) is 4.79 Å². The molecule has 0 radical (unpaired) electrons. The third-order valence-corrected chi connectivity index (χ3v) is 4.96. The standard InChI is InChI=1S/C6H16O3Si.C4H8O2.H6OSi2/c1-5-6-10(7-2,8-3)9-4;1-3(2)4(5)6;2-1-3/h5-6H2,1-4H3;3H,1-2H3,(H,5,6);2-3H3. The van der Waals surface area contributed by atoms with Gasteiger partial charge in [0.25, 0.3) is 0 Å². The van der Waals surface area contributed by atoms with Crippen molar-refractivity contribution in [3.05, 3.63) is 0 Å². The van der Waals surface area contributed by atoms with Crippen LogP contribution in [-0.2, 0) is 22.2 Å².